The summed E-state index contributed by atoms with van der Waals surface area (Å²) in [7, 11) is 1.51. The summed E-state index contributed by atoms with van der Waals surface area (Å²) in [5.74, 6) is -2.16. The molecule has 0 aliphatic rings. The second-order valence-corrected chi connectivity index (χ2v) is 4.72. The number of ether oxygens (including phenoxy) is 1. The number of methoxy groups -OCH3 is 1. The Bertz CT molecular complexity index is 655. The molecule has 0 radical (unpaired) electrons. The second kappa shape index (κ2) is 6.62. The highest BCUT2D eigenvalue weighted by Crippen LogP contribution is 2.21. The number of nitrogens with zero attached hydrogens (tertiary/aromatic N) is 2. The van der Waals surface area contributed by atoms with Crippen LogP contribution in [0.1, 0.15) is 25.1 Å². The van der Waals surface area contributed by atoms with E-state index < -0.39 is 17.6 Å². The van der Waals surface area contributed by atoms with Crippen LogP contribution in [0.4, 0.5) is 8.78 Å². The van der Waals surface area contributed by atoms with Gasteiger partial charge in [0, 0.05) is 32.2 Å². The Morgan fingerprint density at radius 2 is 2.05 bits per heavy atom. The number of carboxylic acid groups (broad SMARTS) is 1. The molecule has 2 aromatic rings. The Morgan fingerprint density at radius 3 is 2.71 bits per heavy atom. The minimum atomic E-state index is -0.943. The summed E-state index contributed by atoms with van der Waals surface area (Å²) in [5.41, 5.74) is 0.843. The lowest BCUT2D eigenvalue weighted by Crippen LogP contribution is -2.06. The second-order valence-electron chi connectivity index (χ2n) is 4.72. The number of halogens is 2. The van der Waals surface area contributed by atoms with Crippen LogP contribution in [0.15, 0.2) is 12.1 Å². The van der Waals surface area contributed by atoms with E-state index in [0.29, 0.717) is 36.2 Å². The average molecular weight is 298 g/mol. The van der Waals surface area contributed by atoms with Gasteiger partial charge >= 0.3 is 5.97 Å². The number of hydrogen-bond acceptors (Lipinski definition) is 3. The van der Waals surface area contributed by atoms with Crippen LogP contribution in [0.3, 0.4) is 0 Å². The van der Waals surface area contributed by atoms with E-state index in [-0.39, 0.29) is 13.0 Å². The third-order valence-corrected chi connectivity index (χ3v) is 3.17. The normalized spacial score (nSPS) is 11.2. The van der Waals surface area contributed by atoms with Gasteiger partial charge < -0.3 is 14.4 Å². The molecule has 1 N–H and O–H groups in total. The minimum absolute atomic E-state index is 0.0786. The third kappa shape index (κ3) is 3.55. The maximum atomic E-state index is 13.4. The fourth-order valence-electron chi connectivity index (χ4n) is 2.20. The van der Waals surface area contributed by atoms with Crippen molar-refractivity contribution in [3.05, 3.63) is 29.6 Å². The molecule has 7 heteroatoms. The quantitative estimate of drug-likeness (QED) is 0.798. The lowest BCUT2D eigenvalue weighted by molar-refractivity contribution is -0.137. The zero-order chi connectivity index (χ0) is 15.4. The lowest BCUT2D eigenvalue weighted by Gasteiger charge is -2.08. The number of hydrogen-bond donors (Lipinski definition) is 1. The standard InChI is InChI=1S/C14H16F2N2O3/c1-21-8-13-17-11-6-9(15)10(16)7-12(11)18(13)5-3-2-4-14(19)20/h6-7H,2-5,8H2,1H3,(H,19,20). The van der Waals surface area contributed by atoms with Crippen LogP contribution < -0.4 is 0 Å². The number of benzene rings is 1. The van der Waals surface area contributed by atoms with Gasteiger partial charge in [-0.05, 0) is 12.8 Å². The van der Waals surface area contributed by atoms with Crippen LogP contribution in [0, 0.1) is 11.6 Å². The molecular formula is C14H16F2N2O3. The third-order valence-electron chi connectivity index (χ3n) is 3.17. The summed E-state index contributed by atoms with van der Waals surface area (Å²) in [6.07, 6.45) is 1.19. The smallest absolute Gasteiger partial charge is 0.303 e. The molecule has 0 aliphatic heterocycles. The SMILES string of the molecule is COCc1nc2cc(F)c(F)cc2n1CCCCC(=O)O. The Kier molecular flexibility index (Phi) is 4.85. The highest BCUT2D eigenvalue weighted by molar-refractivity contribution is 5.76. The van der Waals surface area contributed by atoms with Crippen LogP contribution in [0.2, 0.25) is 0 Å². The van der Waals surface area contributed by atoms with Gasteiger partial charge in [-0.2, -0.15) is 0 Å². The molecule has 0 atom stereocenters. The zero-order valence-corrected chi connectivity index (χ0v) is 11.6. The number of carboxylic acids is 1. The number of imidazole rings is 1. The Morgan fingerprint density at radius 1 is 1.33 bits per heavy atom. The summed E-state index contributed by atoms with van der Waals surface area (Å²) in [4.78, 5) is 14.7. The van der Waals surface area contributed by atoms with Crippen molar-refractivity contribution < 1.29 is 23.4 Å². The van der Waals surface area contributed by atoms with Gasteiger partial charge in [0.2, 0.25) is 0 Å². The monoisotopic (exact) mass is 298 g/mol. The van der Waals surface area contributed by atoms with E-state index in [1.165, 1.54) is 7.11 Å². The molecule has 1 aromatic heterocycles. The number of carbonyl (C=O) groups is 1. The van der Waals surface area contributed by atoms with Gasteiger partial charge in [0.25, 0.3) is 0 Å². The predicted octanol–water partition coefficient (Wildman–Crippen LogP) is 2.72. The molecule has 0 saturated heterocycles. The van der Waals surface area contributed by atoms with Crippen molar-refractivity contribution in [3.8, 4) is 0 Å². The van der Waals surface area contributed by atoms with Crippen LogP contribution in [0.5, 0.6) is 0 Å². The van der Waals surface area contributed by atoms with Gasteiger partial charge in [-0.1, -0.05) is 0 Å². The molecule has 21 heavy (non-hydrogen) atoms. The Labute approximate surface area is 120 Å². The maximum absolute atomic E-state index is 13.4. The first-order valence-electron chi connectivity index (χ1n) is 6.58. The molecule has 0 aliphatic carbocycles. The van der Waals surface area contributed by atoms with Crippen LogP contribution in [-0.4, -0.2) is 27.7 Å². The van der Waals surface area contributed by atoms with Crippen molar-refractivity contribution in [2.75, 3.05) is 7.11 Å². The summed E-state index contributed by atoms with van der Waals surface area (Å²) in [5, 5.41) is 8.62. The first-order valence-corrected chi connectivity index (χ1v) is 6.58. The van der Waals surface area contributed by atoms with Crippen LogP contribution >= 0.6 is 0 Å². The largest absolute Gasteiger partial charge is 0.481 e. The van der Waals surface area contributed by atoms with E-state index in [0.717, 1.165) is 12.1 Å². The molecule has 5 nitrogen and oxygen atoms in total. The molecule has 0 spiro atoms. The molecule has 0 amide bonds. The number of aromatic nitrogens is 2. The highest BCUT2D eigenvalue weighted by Gasteiger charge is 2.14. The zero-order valence-electron chi connectivity index (χ0n) is 11.6. The lowest BCUT2D eigenvalue weighted by atomic mass is 10.2. The molecular weight excluding hydrogens is 282 g/mol. The fourth-order valence-corrected chi connectivity index (χ4v) is 2.20. The van der Waals surface area contributed by atoms with Gasteiger partial charge in [0.15, 0.2) is 11.6 Å². The van der Waals surface area contributed by atoms with E-state index in [9.17, 15) is 13.6 Å². The first-order chi connectivity index (χ1) is 10.0. The number of unbranched alkanes of at least 4 members (excludes halogenated alkanes) is 1. The fraction of sp³-hybridized carbons (Fsp3) is 0.429. The van der Waals surface area contributed by atoms with Crippen molar-refractivity contribution in [2.24, 2.45) is 0 Å². The predicted molar refractivity (Wildman–Crippen MR) is 71.8 cm³/mol. The molecule has 1 heterocycles. The minimum Gasteiger partial charge on any atom is -0.481 e. The van der Waals surface area contributed by atoms with E-state index in [4.69, 9.17) is 9.84 Å². The average Bonchev–Trinajstić information content (AvgIpc) is 2.73. The van der Waals surface area contributed by atoms with Crippen LogP contribution in [-0.2, 0) is 22.7 Å². The van der Waals surface area contributed by atoms with E-state index in [2.05, 4.69) is 4.98 Å². The number of rotatable bonds is 7. The van der Waals surface area contributed by atoms with Gasteiger partial charge in [-0.25, -0.2) is 13.8 Å². The van der Waals surface area contributed by atoms with Crippen molar-refractivity contribution in [1.82, 2.24) is 9.55 Å². The van der Waals surface area contributed by atoms with Crippen LogP contribution in [0.25, 0.3) is 11.0 Å². The number of aliphatic carboxylic acids is 1. The highest BCUT2D eigenvalue weighted by atomic mass is 19.2. The summed E-state index contributed by atoms with van der Waals surface area (Å²) in [6.45, 7) is 0.699. The molecule has 1 aromatic carbocycles. The maximum Gasteiger partial charge on any atom is 0.303 e. The molecule has 0 unspecified atom stereocenters. The molecule has 2 rings (SSSR count). The number of aryl methyl sites for hydroxylation is 1. The Hall–Kier alpha value is -2.02. The molecule has 0 bridgehead atoms. The summed E-state index contributed by atoms with van der Waals surface area (Å²) in [6, 6.07) is 2.16. The molecule has 114 valence electrons. The van der Waals surface area contributed by atoms with Gasteiger partial charge in [0.05, 0.1) is 11.0 Å². The first kappa shape index (κ1) is 15.4. The van der Waals surface area contributed by atoms with Gasteiger partial charge in [-0.15, -0.1) is 0 Å². The topological polar surface area (TPSA) is 64.4 Å². The van der Waals surface area contributed by atoms with Gasteiger partial charge in [0.1, 0.15) is 12.4 Å². The van der Waals surface area contributed by atoms with Crippen molar-refractivity contribution in [2.45, 2.75) is 32.4 Å². The van der Waals surface area contributed by atoms with Crippen molar-refractivity contribution >= 4 is 17.0 Å². The molecule has 0 saturated carbocycles. The van der Waals surface area contributed by atoms with Gasteiger partial charge in [-0.3, -0.25) is 4.79 Å². The van der Waals surface area contributed by atoms with E-state index in [1.54, 1.807) is 4.57 Å². The van der Waals surface area contributed by atoms with Crippen molar-refractivity contribution in [3.63, 3.8) is 0 Å². The van der Waals surface area contributed by atoms with Crippen molar-refractivity contribution in [1.29, 1.82) is 0 Å². The van der Waals surface area contributed by atoms with E-state index in [1.807, 2.05) is 0 Å². The Balaban J connectivity index is 2.27. The molecule has 0 fully saturated rings. The summed E-state index contributed by atoms with van der Waals surface area (Å²) < 4.78 is 33.4. The summed E-state index contributed by atoms with van der Waals surface area (Å²) >= 11 is 0. The number of fused-ring (bicyclic) bond motifs is 1. The van der Waals surface area contributed by atoms with E-state index >= 15 is 0 Å².